The number of hydrogen-bond acceptors (Lipinski definition) is 3. The largest absolute Gasteiger partial charge is 0.396 e. The molecule has 0 spiro atoms. The van der Waals surface area contributed by atoms with Crippen molar-refractivity contribution in [1.82, 2.24) is 10.2 Å². The smallest absolute Gasteiger partial charge is 0.254 e. The summed E-state index contributed by atoms with van der Waals surface area (Å²) >= 11 is 0. The summed E-state index contributed by atoms with van der Waals surface area (Å²) in [5, 5.41) is 2.78. The van der Waals surface area contributed by atoms with Crippen molar-refractivity contribution in [3.63, 3.8) is 0 Å². The topological polar surface area (TPSA) is 75.4 Å². The van der Waals surface area contributed by atoms with E-state index in [0.717, 1.165) is 18.9 Å². The molecule has 3 N–H and O–H groups in total. The molecule has 0 unspecified atom stereocenters. The van der Waals surface area contributed by atoms with Crippen LogP contribution in [-0.2, 0) is 4.79 Å². The van der Waals surface area contributed by atoms with Crippen LogP contribution in [-0.4, -0.2) is 36.3 Å². The molecule has 1 fully saturated rings. The quantitative estimate of drug-likeness (QED) is 0.789. The molecule has 19 heavy (non-hydrogen) atoms. The number of likely N-dealkylation sites (N-methyl/N-ethyl adjacent to an activating group) is 1. The number of carbonyl (C=O) groups excluding carboxylic acids is 2. The minimum Gasteiger partial charge on any atom is -0.396 e. The summed E-state index contributed by atoms with van der Waals surface area (Å²) in [6.45, 7) is -0.0403. The van der Waals surface area contributed by atoms with Crippen LogP contribution in [0.3, 0.4) is 0 Å². The molecule has 0 aliphatic heterocycles. The lowest BCUT2D eigenvalue weighted by Crippen LogP contribution is -2.39. The lowest BCUT2D eigenvalue weighted by Gasteiger charge is -2.17. The van der Waals surface area contributed by atoms with Gasteiger partial charge in [-0.2, -0.15) is 0 Å². The summed E-state index contributed by atoms with van der Waals surface area (Å²) in [4.78, 5) is 24.8. The molecule has 0 radical (unpaired) electrons. The van der Waals surface area contributed by atoms with Crippen LogP contribution in [0.15, 0.2) is 18.2 Å². The fraction of sp³-hybridized carbons (Fsp3) is 0.385. The van der Waals surface area contributed by atoms with Gasteiger partial charge < -0.3 is 16.0 Å². The SMILES string of the molecule is CN(CC(=O)NC1CC1)C(=O)c1ccc(N)c(F)c1. The average molecular weight is 265 g/mol. The highest BCUT2D eigenvalue weighted by atomic mass is 19.1. The Labute approximate surface area is 110 Å². The summed E-state index contributed by atoms with van der Waals surface area (Å²) in [7, 11) is 1.50. The Balaban J connectivity index is 1.97. The lowest BCUT2D eigenvalue weighted by atomic mass is 10.1. The Morgan fingerprint density at radius 2 is 2.16 bits per heavy atom. The summed E-state index contributed by atoms with van der Waals surface area (Å²) < 4.78 is 13.3. The van der Waals surface area contributed by atoms with Crippen LogP contribution in [0.2, 0.25) is 0 Å². The first-order valence-electron chi connectivity index (χ1n) is 6.07. The third kappa shape index (κ3) is 3.43. The number of nitrogens with zero attached hydrogens (tertiary/aromatic N) is 1. The highest BCUT2D eigenvalue weighted by Crippen LogP contribution is 2.18. The van der Waals surface area contributed by atoms with Gasteiger partial charge in [0, 0.05) is 18.7 Å². The Hall–Kier alpha value is -2.11. The van der Waals surface area contributed by atoms with E-state index in [1.54, 1.807) is 0 Å². The monoisotopic (exact) mass is 265 g/mol. The zero-order chi connectivity index (χ0) is 14.0. The second-order valence-electron chi connectivity index (χ2n) is 4.74. The van der Waals surface area contributed by atoms with Gasteiger partial charge in [0.25, 0.3) is 5.91 Å². The number of nitrogens with one attached hydrogen (secondary N) is 1. The number of nitrogens with two attached hydrogens (primary N) is 1. The Kier molecular flexibility index (Phi) is 3.69. The summed E-state index contributed by atoms with van der Waals surface area (Å²) in [5.74, 6) is -1.25. The number of hydrogen-bond donors (Lipinski definition) is 2. The molecule has 5 nitrogen and oxygen atoms in total. The van der Waals surface area contributed by atoms with Gasteiger partial charge in [0.05, 0.1) is 12.2 Å². The summed E-state index contributed by atoms with van der Waals surface area (Å²) in [6.07, 6.45) is 1.99. The number of halogens is 1. The van der Waals surface area contributed by atoms with Crippen LogP contribution in [0.25, 0.3) is 0 Å². The van der Waals surface area contributed by atoms with E-state index in [9.17, 15) is 14.0 Å². The lowest BCUT2D eigenvalue weighted by molar-refractivity contribution is -0.121. The van der Waals surface area contributed by atoms with Crippen molar-refractivity contribution in [2.75, 3.05) is 19.3 Å². The molecule has 0 bridgehead atoms. The van der Waals surface area contributed by atoms with E-state index in [0.29, 0.717) is 0 Å². The van der Waals surface area contributed by atoms with Crippen molar-refractivity contribution >= 4 is 17.5 Å². The Morgan fingerprint density at radius 1 is 1.47 bits per heavy atom. The van der Waals surface area contributed by atoms with E-state index in [1.165, 1.54) is 24.1 Å². The molecule has 1 aromatic rings. The van der Waals surface area contributed by atoms with Gasteiger partial charge in [-0.05, 0) is 31.0 Å². The van der Waals surface area contributed by atoms with Gasteiger partial charge in [0.15, 0.2) is 0 Å². The zero-order valence-electron chi connectivity index (χ0n) is 10.6. The normalized spacial score (nSPS) is 14.0. The molecule has 1 aliphatic rings. The zero-order valence-corrected chi connectivity index (χ0v) is 10.6. The van der Waals surface area contributed by atoms with Crippen molar-refractivity contribution < 1.29 is 14.0 Å². The molecule has 0 saturated heterocycles. The molecule has 102 valence electrons. The van der Waals surface area contributed by atoms with Crippen molar-refractivity contribution in [1.29, 1.82) is 0 Å². The third-order valence-corrected chi connectivity index (χ3v) is 2.92. The van der Waals surface area contributed by atoms with Crippen molar-refractivity contribution in [3.05, 3.63) is 29.6 Å². The van der Waals surface area contributed by atoms with Crippen molar-refractivity contribution in [2.24, 2.45) is 0 Å². The minimum absolute atomic E-state index is 0.00863. The van der Waals surface area contributed by atoms with E-state index >= 15 is 0 Å². The van der Waals surface area contributed by atoms with Gasteiger partial charge in [-0.1, -0.05) is 0 Å². The van der Waals surface area contributed by atoms with E-state index in [-0.39, 0.29) is 29.7 Å². The van der Waals surface area contributed by atoms with Gasteiger partial charge in [-0.3, -0.25) is 9.59 Å². The maximum atomic E-state index is 13.3. The molecular formula is C13H16FN3O2. The number of carbonyl (C=O) groups is 2. The predicted molar refractivity (Wildman–Crippen MR) is 68.9 cm³/mol. The van der Waals surface area contributed by atoms with Crippen molar-refractivity contribution in [2.45, 2.75) is 18.9 Å². The number of anilines is 1. The van der Waals surface area contributed by atoms with E-state index < -0.39 is 11.7 Å². The first kappa shape index (κ1) is 13.3. The summed E-state index contributed by atoms with van der Waals surface area (Å²) in [5.41, 5.74) is 5.51. The molecule has 1 aromatic carbocycles. The maximum absolute atomic E-state index is 13.3. The van der Waals surface area contributed by atoms with Gasteiger partial charge in [-0.25, -0.2) is 4.39 Å². The summed E-state index contributed by atoms with van der Waals surface area (Å²) in [6, 6.07) is 4.11. The molecule has 1 aliphatic carbocycles. The standard InChI is InChI=1S/C13H16FN3O2/c1-17(7-12(18)16-9-3-4-9)13(19)8-2-5-11(15)10(14)6-8/h2,5-6,9H,3-4,7,15H2,1H3,(H,16,18). The third-order valence-electron chi connectivity index (χ3n) is 2.92. The molecular weight excluding hydrogens is 249 g/mol. The molecule has 1 saturated carbocycles. The van der Waals surface area contributed by atoms with E-state index in [2.05, 4.69) is 5.32 Å². The number of benzene rings is 1. The number of amides is 2. The van der Waals surface area contributed by atoms with Crippen LogP contribution in [0.5, 0.6) is 0 Å². The van der Waals surface area contributed by atoms with Crippen LogP contribution in [0.4, 0.5) is 10.1 Å². The maximum Gasteiger partial charge on any atom is 0.254 e. The Morgan fingerprint density at radius 3 is 2.74 bits per heavy atom. The molecule has 2 rings (SSSR count). The van der Waals surface area contributed by atoms with Gasteiger partial charge in [0.1, 0.15) is 5.82 Å². The van der Waals surface area contributed by atoms with Crippen molar-refractivity contribution in [3.8, 4) is 0 Å². The highest BCUT2D eigenvalue weighted by Gasteiger charge is 2.24. The molecule has 0 atom stereocenters. The minimum atomic E-state index is -0.637. The van der Waals surface area contributed by atoms with E-state index in [1.807, 2.05) is 0 Å². The molecule has 0 aromatic heterocycles. The van der Waals surface area contributed by atoms with Crippen LogP contribution < -0.4 is 11.1 Å². The number of nitrogen functional groups attached to an aromatic ring is 1. The van der Waals surface area contributed by atoms with Crippen LogP contribution >= 0.6 is 0 Å². The number of rotatable bonds is 4. The van der Waals surface area contributed by atoms with Gasteiger partial charge >= 0.3 is 0 Å². The first-order chi connectivity index (χ1) is 8.97. The van der Waals surface area contributed by atoms with Crippen LogP contribution in [0, 0.1) is 5.82 Å². The average Bonchev–Trinajstić information content (AvgIpc) is 3.15. The first-order valence-corrected chi connectivity index (χ1v) is 6.07. The second-order valence-corrected chi connectivity index (χ2v) is 4.74. The van der Waals surface area contributed by atoms with E-state index in [4.69, 9.17) is 5.73 Å². The fourth-order valence-electron chi connectivity index (χ4n) is 1.67. The second kappa shape index (κ2) is 5.26. The molecule has 0 heterocycles. The fourth-order valence-corrected chi connectivity index (χ4v) is 1.67. The molecule has 6 heteroatoms. The predicted octanol–water partition coefficient (Wildman–Crippen LogP) is 0.758. The molecule has 2 amide bonds. The van der Waals surface area contributed by atoms with Gasteiger partial charge in [0.2, 0.25) is 5.91 Å². The Bertz CT molecular complexity index is 515. The van der Waals surface area contributed by atoms with Crippen LogP contribution in [0.1, 0.15) is 23.2 Å². The van der Waals surface area contributed by atoms with Gasteiger partial charge in [-0.15, -0.1) is 0 Å². The highest BCUT2D eigenvalue weighted by molar-refractivity contribution is 5.96.